The number of allylic oxidation sites excluding steroid dienone is 1. The number of rotatable bonds is 3. The van der Waals surface area contributed by atoms with Gasteiger partial charge in [0.25, 0.3) is 0 Å². The first-order valence-corrected chi connectivity index (χ1v) is 7.88. The maximum Gasteiger partial charge on any atom is 0.130 e. The van der Waals surface area contributed by atoms with Crippen LogP contribution in [-0.2, 0) is 6.54 Å². The lowest BCUT2D eigenvalue weighted by Gasteiger charge is -2.31. The Balaban J connectivity index is 2.29. The van der Waals surface area contributed by atoms with E-state index in [0.29, 0.717) is 0 Å². The molecule has 0 N–H and O–H groups in total. The maximum absolute atomic E-state index is 8.96. The molecule has 0 saturated carbocycles. The highest BCUT2D eigenvalue weighted by Gasteiger charge is 2.17. The summed E-state index contributed by atoms with van der Waals surface area (Å²) in [5, 5.41) is 17.9. The molecule has 3 heteroatoms. The molecule has 1 aliphatic heterocycles. The number of nitrogens with zero attached hydrogens (tertiary/aromatic N) is 3. The summed E-state index contributed by atoms with van der Waals surface area (Å²) < 4.78 is 0. The Hall–Kier alpha value is -2.10. The fraction of sp³-hybridized carbons (Fsp3) is 0.474. The van der Waals surface area contributed by atoms with Crippen LogP contribution in [0.3, 0.4) is 0 Å². The van der Waals surface area contributed by atoms with Crippen molar-refractivity contribution in [3.05, 3.63) is 40.0 Å². The molecule has 1 heterocycles. The SMILES string of the molecule is Cc1cc(C=C(C#N)C#N)c(C)c(CN2CCCC(C)C2)c1. The van der Waals surface area contributed by atoms with Crippen molar-refractivity contribution >= 4 is 6.08 Å². The molecule has 3 nitrogen and oxygen atoms in total. The molecule has 22 heavy (non-hydrogen) atoms. The van der Waals surface area contributed by atoms with Crippen molar-refractivity contribution in [1.82, 2.24) is 4.90 Å². The maximum atomic E-state index is 8.96. The van der Waals surface area contributed by atoms with E-state index in [1.54, 1.807) is 6.08 Å². The van der Waals surface area contributed by atoms with Gasteiger partial charge in [0, 0.05) is 13.1 Å². The number of aryl methyl sites for hydroxylation is 1. The zero-order valence-corrected chi connectivity index (χ0v) is 13.7. The van der Waals surface area contributed by atoms with Crippen molar-refractivity contribution < 1.29 is 0 Å². The minimum Gasteiger partial charge on any atom is -0.299 e. The van der Waals surface area contributed by atoms with E-state index in [-0.39, 0.29) is 5.57 Å². The Kier molecular flexibility index (Phi) is 5.36. The third kappa shape index (κ3) is 3.97. The zero-order valence-electron chi connectivity index (χ0n) is 13.7. The Labute approximate surface area is 133 Å². The largest absolute Gasteiger partial charge is 0.299 e. The van der Waals surface area contributed by atoms with Crippen LogP contribution in [0.1, 0.15) is 42.0 Å². The molecular formula is C19H23N3. The highest BCUT2D eigenvalue weighted by molar-refractivity contribution is 5.65. The summed E-state index contributed by atoms with van der Waals surface area (Å²) in [6.07, 6.45) is 4.29. The molecule has 1 aromatic carbocycles. The lowest BCUT2D eigenvalue weighted by atomic mass is 9.95. The topological polar surface area (TPSA) is 50.8 Å². The predicted molar refractivity (Wildman–Crippen MR) is 88.8 cm³/mol. The predicted octanol–water partition coefficient (Wildman–Crippen LogP) is 3.97. The minimum atomic E-state index is 0.159. The molecule has 0 aliphatic carbocycles. The fourth-order valence-electron chi connectivity index (χ4n) is 3.19. The van der Waals surface area contributed by atoms with E-state index < -0.39 is 0 Å². The molecule has 1 unspecified atom stereocenters. The molecule has 1 atom stereocenters. The zero-order chi connectivity index (χ0) is 16.1. The van der Waals surface area contributed by atoms with Gasteiger partial charge >= 0.3 is 0 Å². The van der Waals surface area contributed by atoms with Crippen LogP contribution in [0.2, 0.25) is 0 Å². The van der Waals surface area contributed by atoms with Gasteiger partial charge in [0.05, 0.1) is 0 Å². The van der Waals surface area contributed by atoms with E-state index in [2.05, 4.69) is 31.7 Å². The van der Waals surface area contributed by atoms with Crippen LogP contribution in [0.5, 0.6) is 0 Å². The first-order chi connectivity index (χ1) is 10.5. The Morgan fingerprint density at radius 3 is 2.68 bits per heavy atom. The van der Waals surface area contributed by atoms with Gasteiger partial charge in [0.2, 0.25) is 0 Å². The highest BCUT2D eigenvalue weighted by atomic mass is 15.1. The third-order valence-electron chi connectivity index (χ3n) is 4.38. The number of likely N-dealkylation sites (tertiary alicyclic amines) is 1. The lowest BCUT2D eigenvalue weighted by molar-refractivity contribution is 0.176. The van der Waals surface area contributed by atoms with Crippen molar-refractivity contribution in [2.45, 2.75) is 40.2 Å². The van der Waals surface area contributed by atoms with E-state index in [0.717, 1.165) is 31.1 Å². The van der Waals surface area contributed by atoms with Gasteiger partial charge in [-0.2, -0.15) is 10.5 Å². The van der Waals surface area contributed by atoms with Crippen molar-refractivity contribution in [3.8, 4) is 12.1 Å². The molecule has 1 aliphatic rings. The van der Waals surface area contributed by atoms with Crippen molar-refractivity contribution in [1.29, 1.82) is 10.5 Å². The monoisotopic (exact) mass is 293 g/mol. The van der Waals surface area contributed by atoms with Crippen LogP contribution >= 0.6 is 0 Å². The van der Waals surface area contributed by atoms with Gasteiger partial charge in [-0.15, -0.1) is 0 Å². The van der Waals surface area contributed by atoms with Crippen LogP contribution in [0.15, 0.2) is 17.7 Å². The second kappa shape index (κ2) is 7.25. The number of nitriles is 2. The summed E-state index contributed by atoms with van der Waals surface area (Å²) in [6, 6.07) is 8.16. The van der Waals surface area contributed by atoms with Crippen LogP contribution < -0.4 is 0 Å². The second-order valence-corrected chi connectivity index (χ2v) is 6.40. The minimum absolute atomic E-state index is 0.159. The molecule has 1 saturated heterocycles. The molecule has 114 valence electrons. The molecular weight excluding hydrogens is 270 g/mol. The lowest BCUT2D eigenvalue weighted by Crippen LogP contribution is -2.34. The van der Waals surface area contributed by atoms with Gasteiger partial charge in [0.1, 0.15) is 17.7 Å². The molecule has 2 rings (SSSR count). The normalized spacial score (nSPS) is 18.3. The molecule has 0 spiro atoms. The first-order valence-electron chi connectivity index (χ1n) is 7.88. The first kappa shape index (κ1) is 16.3. The van der Waals surface area contributed by atoms with E-state index in [1.807, 2.05) is 18.2 Å². The van der Waals surface area contributed by atoms with E-state index in [1.165, 1.54) is 29.5 Å². The quantitative estimate of drug-likeness (QED) is 0.792. The van der Waals surface area contributed by atoms with Crippen LogP contribution in [-0.4, -0.2) is 18.0 Å². The average molecular weight is 293 g/mol. The molecule has 1 aromatic rings. The number of piperidine rings is 1. The Morgan fingerprint density at radius 1 is 1.32 bits per heavy atom. The van der Waals surface area contributed by atoms with Gasteiger partial charge in [0.15, 0.2) is 0 Å². The summed E-state index contributed by atoms with van der Waals surface area (Å²) in [5.74, 6) is 0.766. The van der Waals surface area contributed by atoms with Crippen molar-refractivity contribution in [2.75, 3.05) is 13.1 Å². The molecule has 0 amide bonds. The summed E-state index contributed by atoms with van der Waals surface area (Å²) in [6.45, 7) is 9.73. The smallest absolute Gasteiger partial charge is 0.130 e. The fourth-order valence-corrected chi connectivity index (χ4v) is 3.19. The van der Waals surface area contributed by atoms with Gasteiger partial charge in [-0.05, 0) is 61.9 Å². The number of benzene rings is 1. The molecule has 0 bridgehead atoms. The number of hydrogen-bond donors (Lipinski definition) is 0. The van der Waals surface area contributed by atoms with Crippen LogP contribution in [0, 0.1) is 42.4 Å². The van der Waals surface area contributed by atoms with Crippen molar-refractivity contribution in [2.24, 2.45) is 5.92 Å². The van der Waals surface area contributed by atoms with E-state index in [9.17, 15) is 0 Å². The number of hydrogen-bond acceptors (Lipinski definition) is 3. The Bertz CT molecular complexity index is 642. The van der Waals surface area contributed by atoms with Gasteiger partial charge < -0.3 is 0 Å². The van der Waals surface area contributed by atoms with E-state index >= 15 is 0 Å². The Morgan fingerprint density at radius 2 is 2.05 bits per heavy atom. The molecule has 0 radical (unpaired) electrons. The van der Waals surface area contributed by atoms with Crippen LogP contribution in [0.25, 0.3) is 6.08 Å². The molecule has 0 aromatic heterocycles. The van der Waals surface area contributed by atoms with Crippen LogP contribution in [0.4, 0.5) is 0 Å². The second-order valence-electron chi connectivity index (χ2n) is 6.40. The summed E-state index contributed by atoms with van der Waals surface area (Å²) in [4.78, 5) is 2.51. The van der Waals surface area contributed by atoms with E-state index in [4.69, 9.17) is 10.5 Å². The standard InChI is InChI=1S/C19H23N3/c1-14-5-4-6-22(12-14)13-19-8-15(2)7-18(16(19)3)9-17(10-20)11-21/h7-9,14H,4-6,12-13H2,1-3H3. The summed E-state index contributed by atoms with van der Waals surface area (Å²) in [7, 11) is 0. The molecule has 1 fully saturated rings. The van der Waals surface area contributed by atoms with Gasteiger partial charge in [-0.1, -0.05) is 24.6 Å². The van der Waals surface area contributed by atoms with Gasteiger partial charge in [-0.25, -0.2) is 0 Å². The summed E-state index contributed by atoms with van der Waals surface area (Å²) >= 11 is 0. The summed E-state index contributed by atoms with van der Waals surface area (Å²) in [5.41, 5.74) is 4.79. The third-order valence-corrected chi connectivity index (χ3v) is 4.38. The van der Waals surface area contributed by atoms with Crippen molar-refractivity contribution in [3.63, 3.8) is 0 Å². The highest BCUT2D eigenvalue weighted by Crippen LogP contribution is 2.23. The van der Waals surface area contributed by atoms with Gasteiger partial charge in [-0.3, -0.25) is 4.90 Å². The average Bonchev–Trinajstić information content (AvgIpc) is 2.49.